The zero-order valence-corrected chi connectivity index (χ0v) is 18.6. The monoisotopic (exact) mass is 500 g/mol. The Morgan fingerprint density at radius 3 is 2.26 bits per heavy atom. The topological polar surface area (TPSA) is 56.7 Å². The number of amides is 1. The minimum absolute atomic E-state index is 0. The standard InChI is InChI=1S/C18H27F3N4O.HI/c1-6-22-16(23-11-15(26)25(4)5)24-12-17(2,3)13-8-7-9-14(10-13)18(19,20)21;/h7-10H,6,11-12H2,1-5H3,(H2,22,23,24);1H. The maximum atomic E-state index is 12.9. The molecule has 0 fully saturated rings. The van der Waals surface area contributed by atoms with E-state index in [-0.39, 0.29) is 36.4 Å². The molecule has 0 heterocycles. The van der Waals surface area contributed by atoms with Crippen LogP contribution in [0, 0.1) is 0 Å². The molecule has 1 amide bonds. The van der Waals surface area contributed by atoms with Crippen molar-refractivity contribution in [3.05, 3.63) is 35.4 Å². The molecule has 0 spiro atoms. The van der Waals surface area contributed by atoms with Gasteiger partial charge in [0.15, 0.2) is 5.96 Å². The molecule has 0 unspecified atom stereocenters. The number of benzene rings is 1. The number of likely N-dealkylation sites (N-methyl/N-ethyl adjacent to an activating group) is 1. The minimum atomic E-state index is -4.37. The fourth-order valence-electron chi connectivity index (χ4n) is 2.15. The van der Waals surface area contributed by atoms with Gasteiger partial charge in [-0.15, -0.1) is 24.0 Å². The van der Waals surface area contributed by atoms with Gasteiger partial charge in [-0.05, 0) is 18.6 Å². The first-order valence-electron chi connectivity index (χ1n) is 8.37. The Labute approximate surface area is 175 Å². The summed E-state index contributed by atoms with van der Waals surface area (Å²) < 4.78 is 38.8. The number of carbonyl (C=O) groups excluding carboxylic acids is 1. The number of rotatable bonds is 6. The number of hydrogen-bond donors (Lipinski definition) is 2. The van der Waals surface area contributed by atoms with Crippen LogP contribution in [0.4, 0.5) is 13.2 Å². The normalized spacial score (nSPS) is 12.2. The highest BCUT2D eigenvalue weighted by Crippen LogP contribution is 2.32. The molecule has 1 aromatic carbocycles. The molecule has 0 atom stereocenters. The summed E-state index contributed by atoms with van der Waals surface area (Å²) in [4.78, 5) is 17.3. The average molecular weight is 500 g/mol. The smallest absolute Gasteiger partial charge is 0.357 e. The predicted octanol–water partition coefficient (Wildman–Crippen LogP) is 3.24. The second kappa shape index (κ2) is 10.7. The van der Waals surface area contributed by atoms with E-state index >= 15 is 0 Å². The van der Waals surface area contributed by atoms with Gasteiger partial charge < -0.3 is 15.5 Å². The molecule has 0 radical (unpaired) electrons. The number of halogens is 4. The molecule has 0 saturated carbocycles. The van der Waals surface area contributed by atoms with E-state index < -0.39 is 17.2 Å². The Bertz CT molecular complexity index is 646. The number of hydrogen-bond acceptors (Lipinski definition) is 2. The molecule has 0 aliphatic heterocycles. The van der Waals surface area contributed by atoms with Crippen molar-refractivity contribution in [3.8, 4) is 0 Å². The van der Waals surface area contributed by atoms with E-state index in [0.29, 0.717) is 24.6 Å². The Hall–Kier alpha value is -1.52. The molecule has 154 valence electrons. The third-order valence-corrected chi connectivity index (χ3v) is 3.88. The molecule has 5 nitrogen and oxygen atoms in total. The molecule has 9 heteroatoms. The molecule has 1 rings (SSSR count). The van der Waals surface area contributed by atoms with Gasteiger partial charge in [-0.2, -0.15) is 13.2 Å². The van der Waals surface area contributed by atoms with E-state index in [0.717, 1.165) is 6.07 Å². The van der Waals surface area contributed by atoms with Crippen LogP contribution in [0.2, 0.25) is 0 Å². The summed E-state index contributed by atoms with van der Waals surface area (Å²) in [6, 6.07) is 5.32. The first-order chi connectivity index (χ1) is 12.0. The average Bonchev–Trinajstić information content (AvgIpc) is 2.56. The summed E-state index contributed by atoms with van der Waals surface area (Å²) in [5, 5.41) is 6.12. The summed E-state index contributed by atoms with van der Waals surface area (Å²) >= 11 is 0. The fourth-order valence-corrected chi connectivity index (χ4v) is 2.15. The van der Waals surface area contributed by atoms with Crippen molar-refractivity contribution in [1.29, 1.82) is 0 Å². The maximum Gasteiger partial charge on any atom is 0.416 e. The summed E-state index contributed by atoms with van der Waals surface area (Å²) in [5.41, 5.74) is -0.663. The van der Waals surface area contributed by atoms with Crippen molar-refractivity contribution in [1.82, 2.24) is 15.5 Å². The highest BCUT2D eigenvalue weighted by molar-refractivity contribution is 14.0. The van der Waals surface area contributed by atoms with E-state index in [4.69, 9.17) is 0 Å². The number of nitrogens with zero attached hydrogens (tertiary/aromatic N) is 2. The zero-order chi connectivity index (χ0) is 20.0. The van der Waals surface area contributed by atoms with Crippen LogP contribution in [0.25, 0.3) is 0 Å². The SMILES string of the molecule is CCNC(=NCC(=O)N(C)C)NCC(C)(C)c1cccc(C(F)(F)F)c1.I. The Kier molecular flexibility index (Phi) is 10.1. The third-order valence-electron chi connectivity index (χ3n) is 3.88. The van der Waals surface area contributed by atoms with Gasteiger partial charge in [0.25, 0.3) is 0 Å². The van der Waals surface area contributed by atoms with Crippen LogP contribution in [0.3, 0.4) is 0 Å². The lowest BCUT2D eigenvalue weighted by Crippen LogP contribution is -2.44. The highest BCUT2D eigenvalue weighted by atomic mass is 127. The predicted molar refractivity (Wildman–Crippen MR) is 113 cm³/mol. The van der Waals surface area contributed by atoms with E-state index in [1.807, 2.05) is 20.8 Å². The number of carbonyl (C=O) groups is 1. The lowest BCUT2D eigenvalue weighted by Gasteiger charge is -2.27. The van der Waals surface area contributed by atoms with E-state index in [1.165, 1.54) is 17.0 Å². The molecule has 1 aromatic rings. The van der Waals surface area contributed by atoms with Crippen molar-refractivity contribution in [2.45, 2.75) is 32.4 Å². The van der Waals surface area contributed by atoms with E-state index in [1.54, 1.807) is 20.2 Å². The molecule has 0 bridgehead atoms. The van der Waals surface area contributed by atoms with Gasteiger partial charge in [0.05, 0.1) is 5.56 Å². The summed E-state index contributed by atoms with van der Waals surface area (Å²) in [5.74, 6) is 0.307. The second-order valence-corrected chi connectivity index (χ2v) is 6.80. The quantitative estimate of drug-likeness (QED) is 0.359. The third kappa shape index (κ3) is 8.35. The summed E-state index contributed by atoms with van der Waals surface area (Å²) in [7, 11) is 3.30. The number of nitrogens with one attached hydrogen (secondary N) is 2. The first-order valence-corrected chi connectivity index (χ1v) is 8.37. The van der Waals surface area contributed by atoms with Gasteiger partial charge in [-0.3, -0.25) is 4.79 Å². The molecular formula is C18H28F3IN4O. The summed E-state index contributed by atoms with van der Waals surface area (Å²) in [6.45, 7) is 6.55. The molecule has 2 N–H and O–H groups in total. The van der Waals surface area contributed by atoms with Gasteiger partial charge >= 0.3 is 6.18 Å². The maximum absolute atomic E-state index is 12.9. The molecule has 0 saturated heterocycles. The lowest BCUT2D eigenvalue weighted by molar-refractivity contribution is -0.137. The van der Waals surface area contributed by atoms with Crippen LogP contribution >= 0.6 is 24.0 Å². The van der Waals surface area contributed by atoms with Crippen molar-refractivity contribution in [2.75, 3.05) is 33.7 Å². The van der Waals surface area contributed by atoms with Gasteiger partial charge in [0, 0.05) is 32.6 Å². The van der Waals surface area contributed by atoms with Crippen LogP contribution in [0.5, 0.6) is 0 Å². The molecule has 0 aliphatic rings. The van der Waals surface area contributed by atoms with Crippen molar-refractivity contribution in [2.24, 2.45) is 4.99 Å². The van der Waals surface area contributed by atoms with Gasteiger partial charge in [0.2, 0.25) is 5.91 Å². The Morgan fingerprint density at radius 2 is 1.74 bits per heavy atom. The molecule has 0 aromatic heterocycles. The van der Waals surface area contributed by atoms with Crippen molar-refractivity contribution in [3.63, 3.8) is 0 Å². The lowest BCUT2D eigenvalue weighted by atomic mass is 9.84. The van der Waals surface area contributed by atoms with Crippen LogP contribution in [-0.4, -0.2) is 50.5 Å². The second-order valence-electron chi connectivity index (χ2n) is 6.80. The van der Waals surface area contributed by atoms with Crippen LogP contribution in [0.1, 0.15) is 31.9 Å². The van der Waals surface area contributed by atoms with Gasteiger partial charge in [-0.1, -0.05) is 32.0 Å². The van der Waals surface area contributed by atoms with Crippen LogP contribution in [0.15, 0.2) is 29.3 Å². The molecular weight excluding hydrogens is 472 g/mol. The number of guanidine groups is 1. The van der Waals surface area contributed by atoms with Crippen molar-refractivity contribution >= 4 is 35.8 Å². The number of aliphatic imine (C=N–C) groups is 1. The highest BCUT2D eigenvalue weighted by Gasteiger charge is 2.32. The van der Waals surface area contributed by atoms with Crippen molar-refractivity contribution < 1.29 is 18.0 Å². The summed E-state index contributed by atoms with van der Waals surface area (Å²) in [6.07, 6.45) is -4.37. The Morgan fingerprint density at radius 1 is 1.15 bits per heavy atom. The molecule has 0 aliphatic carbocycles. The fraction of sp³-hybridized carbons (Fsp3) is 0.556. The first kappa shape index (κ1) is 25.5. The van der Waals surface area contributed by atoms with E-state index in [9.17, 15) is 18.0 Å². The largest absolute Gasteiger partial charge is 0.416 e. The zero-order valence-electron chi connectivity index (χ0n) is 16.3. The molecule has 27 heavy (non-hydrogen) atoms. The van der Waals surface area contributed by atoms with Crippen LogP contribution in [-0.2, 0) is 16.4 Å². The number of alkyl halides is 3. The Balaban J connectivity index is 0.00000676. The van der Waals surface area contributed by atoms with Crippen LogP contribution < -0.4 is 10.6 Å². The van der Waals surface area contributed by atoms with Gasteiger partial charge in [0.1, 0.15) is 6.54 Å². The van der Waals surface area contributed by atoms with Gasteiger partial charge in [-0.25, -0.2) is 4.99 Å². The van der Waals surface area contributed by atoms with E-state index in [2.05, 4.69) is 15.6 Å². The minimum Gasteiger partial charge on any atom is -0.357 e.